The standard InChI is InChI=1S/C17H23N3/c1-3-10-18-17-19-13(2)12-20(17)16-9-8-14-6-4-5-7-15(14)11-16/h4-7,12,16H,3,8-11H2,1-2H3,(H,18,19). The number of benzene rings is 1. The lowest BCUT2D eigenvalue weighted by Crippen LogP contribution is -2.20. The third-order valence-electron chi connectivity index (χ3n) is 4.10. The Bertz CT molecular complexity index is 586. The van der Waals surface area contributed by atoms with Crippen LogP contribution in [0.15, 0.2) is 30.5 Å². The zero-order valence-corrected chi connectivity index (χ0v) is 12.4. The van der Waals surface area contributed by atoms with Crippen molar-refractivity contribution in [3.05, 3.63) is 47.3 Å². The number of imidazole rings is 1. The van der Waals surface area contributed by atoms with E-state index in [-0.39, 0.29) is 0 Å². The van der Waals surface area contributed by atoms with E-state index in [9.17, 15) is 0 Å². The number of anilines is 1. The molecule has 1 aromatic heterocycles. The van der Waals surface area contributed by atoms with Crippen molar-refractivity contribution in [2.75, 3.05) is 11.9 Å². The lowest BCUT2D eigenvalue weighted by atomic mass is 9.88. The van der Waals surface area contributed by atoms with Crippen molar-refractivity contribution in [1.82, 2.24) is 9.55 Å². The molecule has 0 fully saturated rings. The van der Waals surface area contributed by atoms with Gasteiger partial charge in [0.15, 0.2) is 0 Å². The molecule has 1 aliphatic carbocycles. The number of nitrogens with one attached hydrogen (secondary N) is 1. The fourth-order valence-corrected chi connectivity index (χ4v) is 3.08. The van der Waals surface area contributed by atoms with Crippen LogP contribution < -0.4 is 5.32 Å². The van der Waals surface area contributed by atoms with Gasteiger partial charge in [-0.25, -0.2) is 4.98 Å². The van der Waals surface area contributed by atoms with Gasteiger partial charge in [-0.05, 0) is 43.7 Å². The van der Waals surface area contributed by atoms with Crippen molar-refractivity contribution in [3.63, 3.8) is 0 Å². The molecule has 20 heavy (non-hydrogen) atoms. The maximum Gasteiger partial charge on any atom is 0.203 e. The largest absolute Gasteiger partial charge is 0.356 e. The summed E-state index contributed by atoms with van der Waals surface area (Å²) in [6.07, 6.45) is 6.81. The highest BCUT2D eigenvalue weighted by atomic mass is 15.2. The van der Waals surface area contributed by atoms with E-state index in [1.54, 1.807) is 0 Å². The summed E-state index contributed by atoms with van der Waals surface area (Å²) in [5, 5.41) is 3.46. The second-order valence-electron chi connectivity index (χ2n) is 5.71. The Balaban J connectivity index is 1.84. The molecule has 0 saturated heterocycles. The Morgan fingerprint density at radius 2 is 2.10 bits per heavy atom. The minimum atomic E-state index is 0.533. The molecular weight excluding hydrogens is 246 g/mol. The molecule has 3 heteroatoms. The molecule has 1 atom stereocenters. The molecule has 0 aliphatic heterocycles. The molecule has 1 N–H and O–H groups in total. The Labute approximate surface area is 121 Å². The summed E-state index contributed by atoms with van der Waals surface area (Å²) in [6.45, 7) is 5.24. The van der Waals surface area contributed by atoms with E-state index in [1.165, 1.54) is 24.0 Å². The average Bonchev–Trinajstić information content (AvgIpc) is 2.85. The van der Waals surface area contributed by atoms with Crippen molar-refractivity contribution < 1.29 is 0 Å². The first-order chi connectivity index (χ1) is 9.78. The highest BCUT2D eigenvalue weighted by Crippen LogP contribution is 2.31. The summed E-state index contributed by atoms with van der Waals surface area (Å²) in [5.74, 6) is 1.04. The number of hydrogen-bond acceptors (Lipinski definition) is 2. The van der Waals surface area contributed by atoms with E-state index in [1.807, 2.05) is 0 Å². The summed E-state index contributed by atoms with van der Waals surface area (Å²) >= 11 is 0. The van der Waals surface area contributed by atoms with Crippen molar-refractivity contribution in [2.24, 2.45) is 0 Å². The van der Waals surface area contributed by atoms with Crippen LogP contribution in [0.1, 0.15) is 42.6 Å². The highest BCUT2D eigenvalue weighted by molar-refractivity contribution is 5.34. The van der Waals surface area contributed by atoms with Gasteiger partial charge < -0.3 is 9.88 Å². The number of rotatable bonds is 4. The fourth-order valence-electron chi connectivity index (χ4n) is 3.08. The third-order valence-corrected chi connectivity index (χ3v) is 4.10. The van der Waals surface area contributed by atoms with Crippen molar-refractivity contribution in [3.8, 4) is 0 Å². The van der Waals surface area contributed by atoms with E-state index in [0.29, 0.717) is 6.04 Å². The number of fused-ring (bicyclic) bond motifs is 1. The first kappa shape index (κ1) is 13.2. The van der Waals surface area contributed by atoms with E-state index in [0.717, 1.165) is 31.0 Å². The predicted molar refractivity (Wildman–Crippen MR) is 83.2 cm³/mol. The zero-order chi connectivity index (χ0) is 13.9. The third kappa shape index (κ3) is 2.58. The molecule has 1 aromatic carbocycles. The van der Waals surface area contributed by atoms with Gasteiger partial charge in [-0.2, -0.15) is 0 Å². The van der Waals surface area contributed by atoms with Crippen molar-refractivity contribution in [2.45, 2.75) is 45.6 Å². The quantitative estimate of drug-likeness (QED) is 0.916. The monoisotopic (exact) mass is 269 g/mol. The number of hydrogen-bond donors (Lipinski definition) is 1. The lowest BCUT2D eigenvalue weighted by molar-refractivity contribution is 0.446. The van der Waals surface area contributed by atoms with E-state index in [2.05, 4.69) is 59.2 Å². The number of aromatic nitrogens is 2. The number of aryl methyl sites for hydroxylation is 2. The van der Waals surface area contributed by atoms with E-state index in [4.69, 9.17) is 0 Å². The molecule has 1 aliphatic rings. The molecule has 1 unspecified atom stereocenters. The van der Waals surface area contributed by atoms with Gasteiger partial charge in [-0.3, -0.25) is 0 Å². The Kier molecular flexibility index (Phi) is 3.77. The minimum Gasteiger partial charge on any atom is -0.356 e. The lowest BCUT2D eigenvalue weighted by Gasteiger charge is -2.27. The van der Waals surface area contributed by atoms with Gasteiger partial charge in [0.1, 0.15) is 0 Å². The molecule has 1 heterocycles. The molecule has 3 nitrogen and oxygen atoms in total. The van der Waals surface area contributed by atoms with Gasteiger partial charge in [0, 0.05) is 18.8 Å². The van der Waals surface area contributed by atoms with Gasteiger partial charge in [-0.15, -0.1) is 0 Å². The molecule has 3 rings (SSSR count). The van der Waals surface area contributed by atoms with Crippen LogP contribution in [0.2, 0.25) is 0 Å². The zero-order valence-electron chi connectivity index (χ0n) is 12.4. The second kappa shape index (κ2) is 5.70. The summed E-state index contributed by atoms with van der Waals surface area (Å²) in [6, 6.07) is 9.36. The molecule has 106 valence electrons. The van der Waals surface area contributed by atoms with Crippen LogP contribution >= 0.6 is 0 Å². The van der Waals surface area contributed by atoms with Crippen LogP contribution in [0.4, 0.5) is 5.95 Å². The molecular formula is C17H23N3. The smallest absolute Gasteiger partial charge is 0.203 e. The van der Waals surface area contributed by atoms with Crippen LogP contribution in [0.3, 0.4) is 0 Å². The maximum atomic E-state index is 4.63. The molecule has 0 spiro atoms. The molecule has 0 radical (unpaired) electrons. The molecule has 2 aromatic rings. The van der Waals surface area contributed by atoms with Crippen LogP contribution in [-0.4, -0.2) is 16.1 Å². The topological polar surface area (TPSA) is 29.9 Å². The van der Waals surface area contributed by atoms with Gasteiger partial charge in [0.05, 0.1) is 5.69 Å². The highest BCUT2D eigenvalue weighted by Gasteiger charge is 2.21. The van der Waals surface area contributed by atoms with Crippen LogP contribution in [0, 0.1) is 6.92 Å². The van der Waals surface area contributed by atoms with Crippen molar-refractivity contribution >= 4 is 5.95 Å². The van der Waals surface area contributed by atoms with Gasteiger partial charge >= 0.3 is 0 Å². The van der Waals surface area contributed by atoms with Gasteiger partial charge in [-0.1, -0.05) is 31.2 Å². The summed E-state index contributed by atoms with van der Waals surface area (Å²) in [7, 11) is 0. The van der Waals surface area contributed by atoms with E-state index >= 15 is 0 Å². The Morgan fingerprint density at radius 3 is 2.90 bits per heavy atom. The first-order valence-corrected chi connectivity index (χ1v) is 7.64. The molecule has 0 amide bonds. The van der Waals surface area contributed by atoms with Gasteiger partial charge in [0.25, 0.3) is 0 Å². The number of nitrogens with zero attached hydrogens (tertiary/aromatic N) is 2. The van der Waals surface area contributed by atoms with Crippen molar-refractivity contribution in [1.29, 1.82) is 0 Å². The Morgan fingerprint density at radius 1 is 1.30 bits per heavy atom. The van der Waals surface area contributed by atoms with Crippen LogP contribution in [-0.2, 0) is 12.8 Å². The second-order valence-corrected chi connectivity index (χ2v) is 5.71. The fraction of sp³-hybridized carbons (Fsp3) is 0.471. The predicted octanol–water partition coefficient (Wildman–Crippen LogP) is 3.74. The first-order valence-electron chi connectivity index (χ1n) is 7.64. The summed E-state index contributed by atoms with van der Waals surface area (Å²) < 4.78 is 2.35. The van der Waals surface area contributed by atoms with Crippen LogP contribution in [0.25, 0.3) is 0 Å². The van der Waals surface area contributed by atoms with Crippen LogP contribution in [0.5, 0.6) is 0 Å². The Hall–Kier alpha value is -1.77. The minimum absolute atomic E-state index is 0.533. The molecule has 0 bridgehead atoms. The molecule has 0 saturated carbocycles. The normalized spacial score (nSPS) is 17.8. The summed E-state index contributed by atoms with van der Waals surface area (Å²) in [5.41, 5.74) is 4.11. The average molecular weight is 269 g/mol. The van der Waals surface area contributed by atoms with E-state index < -0.39 is 0 Å². The SMILES string of the molecule is CCCNc1nc(C)cn1C1CCc2ccccc2C1. The van der Waals surface area contributed by atoms with Gasteiger partial charge in [0.2, 0.25) is 5.95 Å². The maximum absolute atomic E-state index is 4.63. The summed E-state index contributed by atoms with van der Waals surface area (Å²) in [4.78, 5) is 4.63.